The molecule has 0 saturated carbocycles. The third-order valence-electron chi connectivity index (χ3n) is 3.64. The van der Waals surface area contributed by atoms with Gasteiger partial charge in [-0.05, 0) is 42.4 Å². The number of rotatable bonds is 3. The molecule has 2 atom stereocenters. The highest BCUT2D eigenvalue weighted by Crippen LogP contribution is 2.36. The molecule has 4 heteroatoms. The van der Waals surface area contributed by atoms with E-state index in [9.17, 15) is 4.39 Å². The van der Waals surface area contributed by atoms with E-state index < -0.39 is 0 Å². The Morgan fingerprint density at radius 2 is 2.20 bits per heavy atom. The second-order valence-electron chi connectivity index (χ2n) is 5.05. The van der Waals surface area contributed by atoms with Crippen molar-refractivity contribution in [2.75, 3.05) is 5.75 Å². The van der Waals surface area contributed by atoms with E-state index in [0.29, 0.717) is 6.04 Å². The van der Waals surface area contributed by atoms with E-state index in [1.165, 1.54) is 16.7 Å². The van der Waals surface area contributed by atoms with E-state index in [1.54, 1.807) is 12.3 Å². The van der Waals surface area contributed by atoms with Gasteiger partial charge in [-0.15, -0.1) is 11.8 Å². The quantitative estimate of drug-likeness (QED) is 0.920. The molecular formula is C16H17FN2S. The molecule has 2 nitrogen and oxygen atoms in total. The first-order valence-corrected chi connectivity index (χ1v) is 7.81. The summed E-state index contributed by atoms with van der Waals surface area (Å²) in [5.41, 5.74) is 2.24. The molecule has 2 heterocycles. The van der Waals surface area contributed by atoms with Gasteiger partial charge in [0, 0.05) is 23.2 Å². The molecule has 2 aromatic rings. The van der Waals surface area contributed by atoms with E-state index in [2.05, 4.69) is 41.5 Å². The summed E-state index contributed by atoms with van der Waals surface area (Å²) in [4.78, 5) is 5.27. The number of nitrogens with zero attached hydrogens (tertiary/aromatic N) is 1. The second-order valence-corrected chi connectivity index (χ2v) is 6.19. The Bertz CT molecular complexity index is 603. The first-order valence-electron chi connectivity index (χ1n) is 6.82. The maximum Gasteiger partial charge on any atom is 0.141 e. The van der Waals surface area contributed by atoms with E-state index in [4.69, 9.17) is 0 Å². The van der Waals surface area contributed by atoms with Crippen molar-refractivity contribution in [2.24, 2.45) is 0 Å². The molecule has 0 radical (unpaired) electrons. The molecule has 20 heavy (non-hydrogen) atoms. The SMILES string of the molecule is CC(NC1CCSc2ccccc21)c1cncc(F)c1. The molecule has 0 amide bonds. The van der Waals surface area contributed by atoms with Crippen LogP contribution in [0, 0.1) is 5.82 Å². The summed E-state index contributed by atoms with van der Waals surface area (Å²) in [7, 11) is 0. The van der Waals surface area contributed by atoms with Gasteiger partial charge in [0.2, 0.25) is 0 Å². The Kier molecular flexibility index (Phi) is 4.03. The van der Waals surface area contributed by atoms with Crippen LogP contribution >= 0.6 is 11.8 Å². The lowest BCUT2D eigenvalue weighted by Gasteiger charge is -2.29. The normalized spacial score (nSPS) is 19.4. The fraction of sp³-hybridized carbons (Fsp3) is 0.312. The minimum absolute atomic E-state index is 0.0827. The van der Waals surface area contributed by atoms with Gasteiger partial charge < -0.3 is 5.32 Å². The third kappa shape index (κ3) is 2.86. The summed E-state index contributed by atoms with van der Waals surface area (Å²) in [6, 6.07) is 10.5. The Morgan fingerprint density at radius 1 is 1.35 bits per heavy atom. The number of hydrogen-bond acceptors (Lipinski definition) is 3. The zero-order chi connectivity index (χ0) is 13.9. The lowest BCUT2D eigenvalue weighted by molar-refractivity contribution is 0.447. The highest BCUT2D eigenvalue weighted by Gasteiger charge is 2.22. The summed E-state index contributed by atoms with van der Waals surface area (Å²) in [5.74, 6) is 0.832. The molecule has 1 aromatic heterocycles. The van der Waals surface area contributed by atoms with Crippen LogP contribution in [0.1, 0.15) is 36.6 Å². The Hall–Kier alpha value is -1.39. The molecule has 0 bridgehead atoms. The summed E-state index contributed by atoms with van der Waals surface area (Å²) >= 11 is 1.91. The number of nitrogens with one attached hydrogen (secondary N) is 1. The monoisotopic (exact) mass is 288 g/mol. The second kappa shape index (κ2) is 5.94. The van der Waals surface area contributed by atoms with Crippen LogP contribution in [0.3, 0.4) is 0 Å². The Balaban J connectivity index is 1.79. The molecule has 0 saturated heterocycles. The van der Waals surface area contributed by atoms with Gasteiger partial charge in [0.15, 0.2) is 0 Å². The number of hydrogen-bond donors (Lipinski definition) is 1. The van der Waals surface area contributed by atoms with Crippen LogP contribution in [0.5, 0.6) is 0 Å². The number of pyridine rings is 1. The van der Waals surface area contributed by atoms with E-state index >= 15 is 0 Å². The minimum Gasteiger partial charge on any atom is -0.303 e. The van der Waals surface area contributed by atoms with Crippen molar-refractivity contribution in [3.63, 3.8) is 0 Å². The molecule has 2 unspecified atom stereocenters. The maximum absolute atomic E-state index is 13.3. The van der Waals surface area contributed by atoms with Crippen molar-refractivity contribution in [1.29, 1.82) is 0 Å². The lowest BCUT2D eigenvalue weighted by Crippen LogP contribution is -2.27. The van der Waals surface area contributed by atoms with Crippen LogP contribution in [-0.4, -0.2) is 10.7 Å². The maximum atomic E-state index is 13.3. The van der Waals surface area contributed by atoms with Gasteiger partial charge in [-0.2, -0.15) is 0 Å². The highest BCUT2D eigenvalue weighted by atomic mass is 32.2. The van der Waals surface area contributed by atoms with Gasteiger partial charge in [0.25, 0.3) is 0 Å². The van der Waals surface area contributed by atoms with Gasteiger partial charge >= 0.3 is 0 Å². The zero-order valence-corrected chi connectivity index (χ0v) is 12.2. The van der Waals surface area contributed by atoms with Gasteiger partial charge in [-0.25, -0.2) is 4.39 Å². The summed E-state index contributed by atoms with van der Waals surface area (Å²) in [6.07, 6.45) is 4.06. The van der Waals surface area contributed by atoms with E-state index in [1.807, 2.05) is 11.8 Å². The molecule has 0 fully saturated rings. The topological polar surface area (TPSA) is 24.9 Å². The molecule has 0 spiro atoms. The molecule has 1 aliphatic rings. The predicted octanol–water partition coefficient (Wildman–Crippen LogP) is 4.11. The van der Waals surface area contributed by atoms with Crippen molar-refractivity contribution in [1.82, 2.24) is 10.3 Å². The molecule has 1 aliphatic heterocycles. The number of aromatic nitrogens is 1. The first kappa shape index (κ1) is 13.6. The van der Waals surface area contributed by atoms with Crippen molar-refractivity contribution in [3.05, 3.63) is 59.7 Å². The predicted molar refractivity (Wildman–Crippen MR) is 80.3 cm³/mol. The van der Waals surface area contributed by atoms with Crippen LogP contribution in [-0.2, 0) is 0 Å². The van der Waals surface area contributed by atoms with Crippen molar-refractivity contribution >= 4 is 11.8 Å². The lowest BCUT2D eigenvalue weighted by atomic mass is 10.0. The van der Waals surface area contributed by atoms with E-state index in [0.717, 1.165) is 17.7 Å². The molecule has 1 N–H and O–H groups in total. The van der Waals surface area contributed by atoms with Gasteiger partial charge in [0.05, 0.1) is 6.20 Å². The average molecular weight is 288 g/mol. The number of halogens is 1. The van der Waals surface area contributed by atoms with Crippen molar-refractivity contribution in [3.8, 4) is 0 Å². The van der Waals surface area contributed by atoms with Crippen LogP contribution in [0.4, 0.5) is 4.39 Å². The highest BCUT2D eigenvalue weighted by molar-refractivity contribution is 7.99. The Morgan fingerprint density at radius 3 is 3.05 bits per heavy atom. The Labute approximate surface area is 122 Å². The largest absolute Gasteiger partial charge is 0.303 e. The van der Waals surface area contributed by atoms with Crippen LogP contribution < -0.4 is 5.32 Å². The summed E-state index contributed by atoms with van der Waals surface area (Å²) in [5, 5.41) is 3.60. The summed E-state index contributed by atoms with van der Waals surface area (Å²) < 4.78 is 13.3. The van der Waals surface area contributed by atoms with Gasteiger partial charge in [0.1, 0.15) is 5.82 Å². The molecule has 0 aliphatic carbocycles. The van der Waals surface area contributed by atoms with Crippen molar-refractivity contribution < 1.29 is 4.39 Å². The van der Waals surface area contributed by atoms with Crippen LogP contribution in [0.2, 0.25) is 0 Å². The standard InChI is InChI=1S/C16H17FN2S/c1-11(12-8-13(17)10-18-9-12)19-15-6-7-20-16-5-3-2-4-14(15)16/h2-5,8-11,15,19H,6-7H2,1H3. The summed E-state index contributed by atoms with van der Waals surface area (Å²) in [6.45, 7) is 2.06. The van der Waals surface area contributed by atoms with Crippen LogP contribution in [0.15, 0.2) is 47.6 Å². The number of benzene rings is 1. The average Bonchev–Trinajstić information content (AvgIpc) is 2.47. The van der Waals surface area contributed by atoms with Crippen molar-refractivity contribution in [2.45, 2.75) is 30.3 Å². The molecule has 3 rings (SSSR count). The number of thioether (sulfide) groups is 1. The minimum atomic E-state index is -0.282. The fourth-order valence-corrected chi connectivity index (χ4v) is 3.70. The van der Waals surface area contributed by atoms with Crippen LogP contribution in [0.25, 0.3) is 0 Å². The third-order valence-corrected chi connectivity index (χ3v) is 4.76. The van der Waals surface area contributed by atoms with Gasteiger partial charge in [-0.1, -0.05) is 18.2 Å². The fourth-order valence-electron chi connectivity index (χ4n) is 2.58. The van der Waals surface area contributed by atoms with E-state index in [-0.39, 0.29) is 11.9 Å². The molecule has 1 aromatic carbocycles. The smallest absolute Gasteiger partial charge is 0.141 e. The van der Waals surface area contributed by atoms with Gasteiger partial charge in [-0.3, -0.25) is 4.98 Å². The molecular weight excluding hydrogens is 271 g/mol. The number of fused-ring (bicyclic) bond motifs is 1. The molecule has 104 valence electrons. The zero-order valence-electron chi connectivity index (χ0n) is 11.3. The first-order chi connectivity index (χ1) is 9.74.